The van der Waals surface area contributed by atoms with Crippen LogP contribution in [0.1, 0.15) is 57.1 Å². The first-order chi connectivity index (χ1) is 13.1. The van der Waals surface area contributed by atoms with Crippen LogP contribution in [0.5, 0.6) is 0 Å². The lowest BCUT2D eigenvalue weighted by Gasteiger charge is -2.32. The highest BCUT2D eigenvalue weighted by Crippen LogP contribution is 2.29. The van der Waals surface area contributed by atoms with Crippen LogP contribution in [-0.2, 0) is 6.42 Å². The van der Waals surface area contributed by atoms with E-state index in [1.54, 1.807) is 0 Å². The van der Waals surface area contributed by atoms with Gasteiger partial charge in [0, 0.05) is 12.2 Å². The summed E-state index contributed by atoms with van der Waals surface area (Å²) < 4.78 is 0. The highest BCUT2D eigenvalue weighted by atomic mass is 15.3. The molecule has 0 saturated heterocycles. The Labute approximate surface area is 166 Å². The lowest BCUT2D eigenvalue weighted by Crippen LogP contribution is -2.34. The molecule has 1 aromatic carbocycles. The lowest BCUT2D eigenvalue weighted by atomic mass is 9.89. The molecule has 1 aliphatic rings. The number of rotatable bonds is 9. The predicted octanol–water partition coefficient (Wildman–Crippen LogP) is 6.65. The van der Waals surface area contributed by atoms with Crippen LogP contribution in [0.3, 0.4) is 0 Å². The average Bonchev–Trinajstić information content (AvgIpc) is 2.70. The van der Waals surface area contributed by atoms with Gasteiger partial charge in [0.1, 0.15) is 5.82 Å². The van der Waals surface area contributed by atoms with E-state index in [-0.39, 0.29) is 0 Å². The molecule has 1 aliphatic carbocycles. The average molecular weight is 365 g/mol. The number of nitrogens with zero attached hydrogens (tertiary/aromatic N) is 1. The molecule has 27 heavy (non-hydrogen) atoms. The minimum Gasteiger partial charge on any atom is -0.371 e. The Morgan fingerprint density at radius 2 is 2.00 bits per heavy atom. The molecule has 0 radical (unpaired) electrons. The molecule has 0 aliphatic heterocycles. The fourth-order valence-electron chi connectivity index (χ4n) is 3.83. The van der Waals surface area contributed by atoms with Crippen LogP contribution < -0.4 is 10.2 Å². The number of benzene rings is 1. The zero-order chi connectivity index (χ0) is 19.6. The van der Waals surface area contributed by atoms with Gasteiger partial charge in [-0.25, -0.2) is 0 Å². The van der Waals surface area contributed by atoms with E-state index in [9.17, 15) is 0 Å². The normalized spacial score (nSPS) is 15.7. The molecular formula is C25H36N2. The second kappa shape index (κ2) is 10.8. The zero-order valence-electron chi connectivity index (χ0n) is 17.4. The van der Waals surface area contributed by atoms with Crippen molar-refractivity contribution in [1.29, 1.82) is 0 Å². The van der Waals surface area contributed by atoms with Crippen LogP contribution in [0.25, 0.3) is 0 Å². The van der Waals surface area contributed by atoms with Crippen LogP contribution in [0, 0.1) is 12.8 Å². The van der Waals surface area contributed by atoms with Gasteiger partial charge in [-0.1, -0.05) is 69.7 Å². The van der Waals surface area contributed by atoms with Crippen molar-refractivity contribution in [2.75, 3.05) is 11.4 Å². The quantitative estimate of drug-likeness (QED) is 0.493. The van der Waals surface area contributed by atoms with Crippen LogP contribution in [0.4, 0.5) is 5.69 Å². The van der Waals surface area contributed by atoms with Gasteiger partial charge < -0.3 is 5.32 Å². The number of allylic oxidation sites excluding steroid dienone is 4. The zero-order valence-corrected chi connectivity index (χ0v) is 17.4. The number of aryl methyl sites for hydroxylation is 2. The molecule has 2 rings (SSSR count). The Bertz CT molecular complexity index is 690. The molecule has 1 aromatic rings. The van der Waals surface area contributed by atoms with Crippen molar-refractivity contribution in [2.45, 2.75) is 59.3 Å². The van der Waals surface area contributed by atoms with Crippen molar-refractivity contribution < 1.29 is 0 Å². The number of nitrogens with one attached hydrogen (secondary N) is 1. The minimum atomic E-state index is 0.763. The second-order valence-electron chi connectivity index (χ2n) is 7.45. The summed E-state index contributed by atoms with van der Waals surface area (Å²) in [6.45, 7) is 15.7. The molecule has 1 fully saturated rings. The van der Waals surface area contributed by atoms with Gasteiger partial charge in [-0.2, -0.15) is 0 Å². The Balaban J connectivity index is 2.26. The first-order valence-corrected chi connectivity index (χ1v) is 10.4. The monoisotopic (exact) mass is 364 g/mol. The van der Waals surface area contributed by atoms with Crippen LogP contribution >= 0.6 is 0 Å². The molecule has 1 N–H and O–H groups in total. The third kappa shape index (κ3) is 5.89. The number of hydrogen-bond acceptors (Lipinski definition) is 2. The summed E-state index contributed by atoms with van der Waals surface area (Å²) in [5, 5.41) is 3.63. The summed E-state index contributed by atoms with van der Waals surface area (Å²) in [7, 11) is 0. The Hall–Kier alpha value is -2.22. The molecule has 2 nitrogen and oxygen atoms in total. The molecule has 0 aromatic heterocycles. The van der Waals surface area contributed by atoms with Crippen molar-refractivity contribution in [3.63, 3.8) is 0 Å². The number of anilines is 1. The van der Waals surface area contributed by atoms with Crippen molar-refractivity contribution >= 4 is 5.69 Å². The Morgan fingerprint density at radius 3 is 2.59 bits per heavy atom. The lowest BCUT2D eigenvalue weighted by molar-refractivity contribution is 0.350. The summed E-state index contributed by atoms with van der Waals surface area (Å²) in [4.78, 5) is 2.23. The van der Waals surface area contributed by atoms with Crippen LogP contribution in [0.2, 0.25) is 0 Å². The van der Waals surface area contributed by atoms with Gasteiger partial charge in [0.15, 0.2) is 0 Å². The van der Waals surface area contributed by atoms with Gasteiger partial charge in [-0.15, -0.1) is 0 Å². The van der Waals surface area contributed by atoms with Crippen molar-refractivity contribution in [3.05, 3.63) is 78.3 Å². The predicted molar refractivity (Wildman–Crippen MR) is 120 cm³/mol. The van der Waals surface area contributed by atoms with Gasteiger partial charge in [-0.3, -0.25) is 4.90 Å². The van der Waals surface area contributed by atoms with Gasteiger partial charge >= 0.3 is 0 Å². The molecule has 2 heteroatoms. The van der Waals surface area contributed by atoms with E-state index in [4.69, 9.17) is 0 Å². The fourth-order valence-corrected chi connectivity index (χ4v) is 3.83. The van der Waals surface area contributed by atoms with Crippen LogP contribution in [0.15, 0.2) is 67.2 Å². The molecule has 0 heterocycles. The Kier molecular flexibility index (Phi) is 8.44. The fraction of sp³-hybridized carbons (Fsp3) is 0.440. The molecule has 0 amide bonds. The number of hydrogen-bond donors (Lipinski definition) is 1. The van der Waals surface area contributed by atoms with Gasteiger partial charge in [-0.05, 0) is 62.3 Å². The minimum absolute atomic E-state index is 0.763. The van der Waals surface area contributed by atoms with Gasteiger partial charge in [0.05, 0.1) is 5.69 Å². The molecule has 0 unspecified atom stereocenters. The van der Waals surface area contributed by atoms with Gasteiger partial charge in [0.2, 0.25) is 0 Å². The van der Waals surface area contributed by atoms with E-state index in [1.165, 1.54) is 48.9 Å². The molecule has 146 valence electrons. The smallest absolute Gasteiger partial charge is 0.103 e. The molecule has 0 atom stereocenters. The first-order valence-electron chi connectivity index (χ1n) is 10.4. The maximum absolute atomic E-state index is 4.39. The Morgan fingerprint density at radius 1 is 1.26 bits per heavy atom. The maximum atomic E-state index is 4.39. The summed E-state index contributed by atoms with van der Waals surface area (Å²) in [5.41, 5.74) is 4.90. The van der Waals surface area contributed by atoms with E-state index in [0.29, 0.717) is 0 Å². The van der Waals surface area contributed by atoms with Crippen molar-refractivity contribution in [2.24, 2.45) is 5.92 Å². The van der Waals surface area contributed by atoms with E-state index in [0.717, 1.165) is 30.4 Å². The van der Waals surface area contributed by atoms with E-state index in [2.05, 4.69) is 74.5 Å². The standard InChI is InChI=1S/C25H36N2/c1-6-9-15-24(8-3)27(25-17-16-22(7-2)18-20(25)4)21(5)26-19-23-13-11-10-12-14-23/h6,8-9,15-18,23,26H,1,5,7,10-14,19H2,2-4H3/b15-9-,24-8+. The molecule has 0 spiro atoms. The summed E-state index contributed by atoms with van der Waals surface area (Å²) in [6.07, 6.45) is 15.8. The molecule has 1 saturated carbocycles. The largest absolute Gasteiger partial charge is 0.371 e. The summed E-state index contributed by atoms with van der Waals surface area (Å²) in [6, 6.07) is 6.71. The van der Waals surface area contributed by atoms with E-state index >= 15 is 0 Å². The van der Waals surface area contributed by atoms with E-state index < -0.39 is 0 Å². The summed E-state index contributed by atoms with van der Waals surface area (Å²) >= 11 is 0. The highest BCUT2D eigenvalue weighted by molar-refractivity contribution is 5.64. The third-order valence-corrected chi connectivity index (χ3v) is 5.46. The second-order valence-corrected chi connectivity index (χ2v) is 7.45. The van der Waals surface area contributed by atoms with Crippen LogP contribution in [-0.4, -0.2) is 6.54 Å². The molecule has 0 bridgehead atoms. The highest BCUT2D eigenvalue weighted by Gasteiger charge is 2.18. The van der Waals surface area contributed by atoms with Crippen molar-refractivity contribution in [1.82, 2.24) is 5.32 Å². The summed E-state index contributed by atoms with van der Waals surface area (Å²) in [5.74, 6) is 1.70. The first kappa shape index (κ1) is 21.1. The topological polar surface area (TPSA) is 15.3 Å². The molecular weight excluding hydrogens is 328 g/mol. The van der Waals surface area contributed by atoms with E-state index in [1.807, 2.05) is 12.2 Å². The third-order valence-electron chi connectivity index (χ3n) is 5.46. The maximum Gasteiger partial charge on any atom is 0.103 e. The van der Waals surface area contributed by atoms with Gasteiger partial charge in [0.25, 0.3) is 0 Å². The van der Waals surface area contributed by atoms with Crippen molar-refractivity contribution in [3.8, 4) is 0 Å². The SMILES string of the molecule is C=C/C=C\C(=C/C)N(C(=C)NCC1CCCCC1)c1ccc(CC)cc1C.